The molecule has 0 aliphatic heterocycles. The fraction of sp³-hybridized carbons (Fsp3) is 0.615. The van der Waals surface area contributed by atoms with Gasteiger partial charge in [-0.2, -0.15) is 0 Å². The molecule has 1 aromatic heterocycles. The van der Waals surface area contributed by atoms with E-state index in [1.165, 1.54) is 12.3 Å². The molecule has 0 saturated heterocycles. The van der Waals surface area contributed by atoms with E-state index in [-0.39, 0.29) is 10.9 Å². The highest BCUT2D eigenvalue weighted by atomic mass is 32.2. The molecule has 0 aliphatic rings. The van der Waals surface area contributed by atoms with Gasteiger partial charge in [-0.05, 0) is 31.4 Å². The van der Waals surface area contributed by atoms with Gasteiger partial charge in [0.05, 0.1) is 5.69 Å². The average Bonchev–Trinajstić information content (AvgIpc) is 2.37. The first kappa shape index (κ1) is 16.1. The first-order valence-electron chi connectivity index (χ1n) is 6.56. The van der Waals surface area contributed by atoms with Crippen LogP contribution in [0.5, 0.6) is 0 Å². The Balaban J connectivity index is 2.74. The molecular weight excluding hydrogens is 262 g/mol. The zero-order valence-electron chi connectivity index (χ0n) is 11.8. The lowest BCUT2D eigenvalue weighted by Crippen LogP contribution is -2.33. The second-order valence-corrected chi connectivity index (χ2v) is 6.67. The van der Waals surface area contributed by atoms with E-state index in [0.717, 1.165) is 12.8 Å². The molecular formula is C13H23N3O2S. The van der Waals surface area contributed by atoms with Gasteiger partial charge in [0.2, 0.25) is 10.0 Å². The lowest BCUT2D eigenvalue weighted by molar-refractivity contribution is 0.445. The van der Waals surface area contributed by atoms with Crippen molar-refractivity contribution in [1.82, 2.24) is 9.71 Å². The summed E-state index contributed by atoms with van der Waals surface area (Å²) in [6, 6.07) is 3.08. The maximum Gasteiger partial charge on any atom is 0.242 e. The van der Waals surface area contributed by atoms with Gasteiger partial charge in [0.25, 0.3) is 0 Å². The van der Waals surface area contributed by atoms with Crippen molar-refractivity contribution in [2.45, 2.75) is 51.1 Å². The van der Waals surface area contributed by atoms with Crippen LogP contribution in [0.3, 0.4) is 0 Å². The minimum absolute atomic E-state index is 0.0888. The summed E-state index contributed by atoms with van der Waals surface area (Å²) in [5.74, 6) is 0.496. The lowest BCUT2D eigenvalue weighted by Gasteiger charge is -2.17. The molecule has 108 valence electrons. The number of nitrogens with zero attached hydrogens (tertiary/aromatic N) is 1. The number of sulfonamides is 1. The molecule has 2 unspecified atom stereocenters. The average molecular weight is 285 g/mol. The fourth-order valence-electron chi connectivity index (χ4n) is 1.84. The number of nitrogens with two attached hydrogens (primary N) is 1. The van der Waals surface area contributed by atoms with Gasteiger partial charge in [-0.1, -0.05) is 20.3 Å². The van der Waals surface area contributed by atoms with Gasteiger partial charge in [-0.15, -0.1) is 0 Å². The Morgan fingerprint density at radius 2 is 2.05 bits per heavy atom. The maximum absolute atomic E-state index is 12.1. The zero-order valence-corrected chi connectivity index (χ0v) is 12.6. The number of aromatic nitrogens is 1. The minimum atomic E-state index is -3.49. The molecule has 3 N–H and O–H groups in total. The molecule has 1 rings (SSSR count). The summed E-state index contributed by atoms with van der Waals surface area (Å²) >= 11 is 0. The van der Waals surface area contributed by atoms with E-state index in [1.54, 1.807) is 6.07 Å². The molecule has 0 fully saturated rings. The van der Waals surface area contributed by atoms with Crippen LogP contribution in [-0.4, -0.2) is 19.4 Å². The Hall–Kier alpha value is -0.980. The second kappa shape index (κ2) is 6.98. The Kier molecular flexibility index (Phi) is 5.90. The molecule has 19 heavy (non-hydrogen) atoms. The quantitative estimate of drug-likeness (QED) is 0.797. The maximum atomic E-state index is 12.1. The summed E-state index contributed by atoms with van der Waals surface area (Å²) in [4.78, 5) is 4.18. The minimum Gasteiger partial charge on any atom is -0.325 e. The molecule has 0 aromatic carbocycles. The number of rotatable bonds is 7. The van der Waals surface area contributed by atoms with E-state index in [0.29, 0.717) is 18.2 Å². The van der Waals surface area contributed by atoms with E-state index in [9.17, 15) is 8.42 Å². The van der Waals surface area contributed by atoms with Gasteiger partial charge >= 0.3 is 0 Å². The summed E-state index contributed by atoms with van der Waals surface area (Å²) in [5.41, 5.74) is 6.11. The summed E-state index contributed by atoms with van der Waals surface area (Å²) < 4.78 is 26.9. The van der Waals surface area contributed by atoms with Crippen LogP contribution in [0.25, 0.3) is 0 Å². The highest BCUT2D eigenvalue weighted by Crippen LogP contribution is 2.13. The van der Waals surface area contributed by atoms with Crippen LogP contribution in [0.15, 0.2) is 23.2 Å². The van der Waals surface area contributed by atoms with Crippen molar-refractivity contribution in [2.75, 3.05) is 0 Å². The summed E-state index contributed by atoms with van der Waals surface area (Å²) in [7, 11) is -3.49. The van der Waals surface area contributed by atoms with Crippen LogP contribution in [0.4, 0.5) is 0 Å². The summed E-state index contributed by atoms with van der Waals surface area (Å²) in [5, 5.41) is 0. The van der Waals surface area contributed by atoms with E-state index < -0.39 is 10.0 Å². The van der Waals surface area contributed by atoms with E-state index in [4.69, 9.17) is 5.73 Å². The van der Waals surface area contributed by atoms with E-state index in [1.807, 2.05) is 6.92 Å². The fourth-order valence-corrected chi connectivity index (χ4v) is 3.04. The van der Waals surface area contributed by atoms with Crippen molar-refractivity contribution >= 4 is 10.0 Å². The normalized spacial score (nSPS) is 15.2. The Morgan fingerprint density at radius 3 is 2.53 bits per heavy atom. The van der Waals surface area contributed by atoms with Crippen molar-refractivity contribution in [2.24, 2.45) is 11.7 Å². The van der Waals surface area contributed by atoms with E-state index >= 15 is 0 Å². The van der Waals surface area contributed by atoms with Crippen LogP contribution in [-0.2, 0) is 16.6 Å². The highest BCUT2D eigenvalue weighted by molar-refractivity contribution is 7.89. The van der Waals surface area contributed by atoms with Gasteiger partial charge in [0.1, 0.15) is 4.90 Å². The molecule has 0 amide bonds. The van der Waals surface area contributed by atoms with Crippen molar-refractivity contribution in [3.63, 3.8) is 0 Å². The van der Waals surface area contributed by atoms with Gasteiger partial charge in [-0.3, -0.25) is 4.98 Å². The van der Waals surface area contributed by atoms with Gasteiger partial charge < -0.3 is 5.73 Å². The van der Waals surface area contributed by atoms with Crippen molar-refractivity contribution in [3.8, 4) is 0 Å². The summed E-state index contributed by atoms with van der Waals surface area (Å²) in [6.45, 7) is 6.40. The summed E-state index contributed by atoms with van der Waals surface area (Å²) in [6.07, 6.45) is 3.21. The number of pyridine rings is 1. The van der Waals surface area contributed by atoms with Crippen LogP contribution < -0.4 is 10.5 Å². The predicted molar refractivity (Wildman–Crippen MR) is 76.0 cm³/mol. The number of hydrogen-bond donors (Lipinski definition) is 2. The van der Waals surface area contributed by atoms with Crippen molar-refractivity contribution < 1.29 is 8.42 Å². The molecule has 0 radical (unpaired) electrons. The van der Waals surface area contributed by atoms with E-state index in [2.05, 4.69) is 23.6 Å². The standard InChI is InChI=1S/C13H23N3O2S/c1-4-10(2)7-11(3)16-19(17,18)13-6-5-12(8-14)15-9-13/h5-6,9-11,16H,4,7-8,14H2,1-3H3. The van der Waals surface area contributed by atoms with Crippen molar-refractivity contribution in [1.29, 1.82) is 0 Å². The third-order valence-corrected chi connectivity index (χ3v) is 4.70. The SMILES string of the molecule is CCC(C)CC(C)NS(=O)(=O)c1ccc(CN)nc1. The Morgan fingerprint density at radius 1 is 1.37 bits per heavy atom. The first-order chi connectivity index (χ1) is 8.89. The molecule has 1 heterocycles. The third-order valence-electron chi connectivity index (χ3n) is 3.13. The second-order valence-electron chi connectivity index (χ2n) is 4.96. The number of hydrogen-bond acceptors (Lipinski definition) is 4. The smallest absolute Gasteiger partial charge is 0.242 e. The molecule has 0 saturated carbocycles. The van der Waals surface area contributed by atoms with Crippen LogP contribution >= 0.6 is 0 Å². The van der Waals surface area contributed by atoms with Gasteiger partial charge in [0.15, 0.2) is 0 Å². The largest absolute Gasteiger partial charge is 0.325 e. The van der Waals surface area contributed by atoms with Gasteiger partial charge in [-0.25, -0.2) is 13.1 Å². The third kappa shape index (κ3) is 4.89. The molecule has 2 atom stereocenters. The van der Waals surface area contributed by atoms with Crippen molar-refractivity contribution in [3.05, 3.63) is 24.0 Å². The van der Waals surface area contributed by atoms with Crippen LogP contribution in [0.2, 0.25) is 0 Å². The van der Waals surface area contributed by atoms with Crippen LogP contribution in [0, 0.1) is 5.92 Å². The monoisotopic (exact) mass is 285 g/mol. The Labute approximate surface area is 115 Å². The molecule has 0 bridgehead atoms. The predicted octanol–water partition coefficient (Wildman–Crippen LogP) is 1.64. The molecule has 0 spiro atoms. The van der Waals surface area contributed by atoms with Crippen LogP contribution in [0.1, 0.15) is 39.3 Å². The molecule has 0 aliphatic carbocycles. The zero-order chi connectivity index (χ0) is 14.5. The molecule has 5 nitrogen and oxygen atoms in total. The Bertz CT molecular complexity index is 485. The highest BCUT2D eigenvalue weighted by Gasteiger charge is 2.18. The topological polar surface area (TPSA) is 85.1 Å². The molecule has 1 aromatic rings. The number of nitrogens with one attached hydrogen (secondary N) is 1. The molecule has 6 heteroatoms. The first-order valence-corrected chi connectivity index (χ1v) is 8.04. The van der Waals surface area contributed by atoms with Gasteiger partial charge in [0, 0.05) is 18.8 Å². The lowest BCUT2D eigenvalue weighted by atomic mass is 10.0.